The summed E-state index contributed by atoms with van der Waals surface area (Å²) in [5.74, 6) is 1.16. The Hall–Kier alpha value is -0.590. The molecule has 2 aromatic rings. The fourth-order valence-electron chi connectivity index (χ4n) is 2.83. The summed E-state index contributed by atoms with van der Waals surface area (Å²) in [6, 6.07) is 0.693. The van der Waals surface area contributed by atoms with Gasteiger partial charge in [0.2, 0.25) is 0 Å². The van der Waals surface area contributed by atoms with E-state index in [0.29, 0.717) is 6.04 Å². The van der Waals surface area contributed by atoms with Crippen molar-refractivity contribution in [2.24, 2.45) is 0 Å². The molecule has 0 amide bonds. The van der Waals surface area contributed by atoms with E-state index in [1.54, 1.807) is 11.3 Å². The van der Waals surface area contributed by atoms with Crippen LogP contribution >= 0.6 is 27.3 Å². The van der Waals surface area contributed by atoms with Crippen LogP contribution in [0.2, 0.25) is 0 Å². The number of alkyl halides is 1. The molecule has 1 saturated heterocycles. The summed E-state index contributed by atoms with van der Waals surface area (Å²) < 4.78 is 2.20. The number of hydrogen-bond acceptors (Lipinski definition) is 4. The second kappa shape index (κ2) is 6.03. The summed E-state index contributed by atoms with van der Waals surface area (Å²) in [6.45, 7) is 9.03. The Morgan fingerprint density at radius 2 is 2.10 bits per heavy atom. The lowest BCUT2D eigenvalue weighted by molar-refractivity contribution is 0.192. The maximum atomic E-state index is 4.82. The zero-order valence-corrected chi connectivity index (χ0v) is 14.5. The number of nitrogens with zero attached hydrogens (tertiary/aromatic N) is 4. The van der Waals surface area contributed by atoms with Crippen molar-refractivity contribution in [2.45, 2.75) is 31.6 Å². The van der Waals surface area contributed by atoms with Crippen LogP contribution in [0.5, 0.6) is 0 Å². The summed E-state index contributed by atoms with van der Waals surface area (Å²) in [5, 5.41) is 2.95. The Labute approximate surface area is 132 Å². The van der Waals surface area contributed by atoms with E-state index in [1.807, 2.05) is 0 Å². The average molecular weight is 357 g/mol. The van der Waals surface area contributed by atoms with E-state index in [4.69, 9.17) is 4.98 Å². The number of piperazine rings is 1. The Morgan fingerprint density at radius 1 is 1.35 bits per heavy atom. The third-order valence-corrected chi connectivity index (χ3v) is 5.58. The molecule has 1 atom stereocenters. The average Bonchev–Trinajstić information content (AvgIpc) is 3.06. The predicted octanol–water partition coefficient (Wildman–Crippen LogP) is 3.21. The zero-order chi connectivity index (χ0) is 14.1. The van der Waals surface area contributed by atoms with Crippen LogP contribution in [0.3, 0.4) is 0 Å². The Balaban J connectivity index is 1.78. The number of rotatable bonds is 4. The smallest absolute Gasteiger partial charge is 0.195 e. The summed E-state index contributed by atoms with van der Waals surface area (Å²) >= 11 is 5.32. The van der Waals surface area contributed by atoms with Gasteiger partial charge in [-0.05, 0) is 13.3 Å². The van der Waals surface area contributed by atoms with Gasteiger partial charge in [-0.2, -0.15) is 0 Å². The van der Waals surface area contributed by atoms with E-state index in [2.05, 4.69) is 55.6 Å². The van der Waals surface area contributed by atoms with Gasteiger partial charge in [0.1, 0.15) is 0 Å². The minimum Gasteiger partial charge on any atom is -0.352 e. The molecule has 1 unspecified atom stereocenters. The van der Waals surface area contributed by atoms with Gasteiger partial charge >= 0.3 is 0 Å². The molecule has 0 spiro atoms. The number of aromatic nitrogens is 2. The molecule has 0 saturated carbocycles. The highest BCUT2D eigenvalue weighted by Crippen LogP contribution is 2.27. The fraction of sp³-hybridized carbons (Fsp3) is 0.643. The minimum atomic E-state index is 0.693. The molecule has 2 aromatic heterocycles. The summed E-state index contributed by atoms with van der Waals surface area (Å²) in [7, 11) is 0. The van der Waals surface area contributed by atoms with Crippen LogP contribution < -0.4 is 4.90 Å². The molecule has 1 aliphatic heterocycles. The van der Waals surface area contributed by atoms with Crippen molar-refractivity contribution < 1.29 is 0 Å². The number of hydrogen-bond donors (Lipinski definition) is 0. The van der Waals surface area contributed by atoms with Crippen LogP contribution in [-0.4, -0.2) is 46.5 Å². The minimum absolute atomic E-state index is 0.693. The SMILES string of the molecule is CCC(C)N1CCN(c2nc3sccn3c2CBr)CC1. The molecule has 110 valence electrons. The molecule has 3 heterocycles. The first-order chi connectivity index (χ1) is 9.74. The molecule has 0 aliphatic carbocycles. The Kier molecular flexibility index (Phi) is 4.33. The van der Waals surface area contributed by atoms with E-state index in [1.165, 1.54) is 12.1 Å². The van der Waals surface area contributed by atoms with Crippen molar-refractivity contribution in [2.75, 3.05) is 31.1 Å². The first-order valence-electron chi connectivity index (χ1n) is 7.24. The number of anilines is 1. The lowest BCUT2D eigenvalue weighted by Gasteiger charge is -2.38. The zero-order valence-electron chi connectivity index (χ0n) is 12.0. The van der Waals surface area contributed by atoms with Crippen LogP contribution in [0.25, 0.3) is 4.96 Å². The number of thiazole rings is 1. The monoisotopic (exact) mass is 356 g/mol. The highest BCUT2D eigenvalue weighted by atomic mass is 79.9. The van der Waals surface area contributed by atoms with E-state index in [9.17, 15) is 0 Å². The third kappa shape index (κ3) is 2.49. The molecule has 0 bridgehead atoms. The molecule has 4 nitrogen and oxygen atoms in total. The quantitative estimate of drug-likeness (QED) is 0.786. The molecular weight excluding hydrogens is 336 g/mol. The van der Waals surface area contributed by atoms with Crippen LogP contribution in [-0.2, 0) is 5.33 Å². The second-order valence-electron chi connectivity index (χ2n) is 5.35. The van der Waals surface area contributed by atoms with E-state index in [0.717, 1.165) is 42.3 Å². The second-order valence-corrected chi connectivity index (χ2v) is 6.79. The van der Waals surface area contributed by atoms with Gasteiger partial charge < -0.3 is 4.90 Å². The first-order valence-corrected chi connectivity index (χ1v) is 9.24. The van der Waals surface area contributed by atoms with Crippen molar-refractivity contribution in [1.82, 2.24) is 14.3 Å². The van der Waals surface area contributed by atoms with E-state index in [-0.39, 0.29) is 0 Å². The standard InChI is InChI=1S/C14H21BrN4S/c1-3-11(2)17-4-6-18(7-5-17)13-12(10-15)19-8-9-20-14(19)16-13/h8-9,11H,3-7,10H2,1-2H3. The van der Waals surface area contributed by atoms with Crippen LogP contribution in [0.1, 0.15) is 26.0 Å². The fourth-order valence-corrected chi connectivity index (χ4v) is 4.08. The maximum Gasteiger partial charge on any atom is 0.195 e. The molecule has 1 aliphatic rings. The lowest BCUT2D eigenvalue weighted by Crippen LogP contribution is -2.49. The lowest BCUT2D eigenvalue weighted by atomic mass is 10.2. The van der Waals surface area contributed by atoms with Gasteiger partial charge in [0, 0.05) is 49.1 Å². The van der Waals surface area contributed by atoms with E-state index < -0.39 is 0 Å². The molecule has 3 rings (SSSR count). The maximum absolute atomic E-state index is 4.82. The molecule has 1 fully saturated rings. The van der Waals surface area contributed by atoms with Gasteiger partial charge in [-0.15, -0.1) is 11.3 Å². The van der Waals surface area contributed by atoms with Gasteiger partial charge in [0.15, 0.2) is 10.8 Å². The largest absolute Gasteiger partial charge is 0.352 e. The van der Waals surface area contributed by atoms with Crippen molar-refractivity contribution in [3.05, 3.63) is 17.3 Å². The van der Waals surface area contributed by atoms with Crippen molar-refractivity contribution >= 4 is 38.0 Å². The molecule has 0 radical (unpaired) electrons. The Morgan fingerprint density at radius 3 is 2.75 bits per heavy atom. The molecule has 0 N–H and O–H groups in total. The number of halogens is 1. The van der Waals surface area contributed by atoms with E-state index >= 15 is 0 Å². The molecule has 20 heavy (non-hydrogen) atoms. The van der Waals surface area contributed by atoms with Gasteiger partial charge in [0.25, 0.3) is 0 Å². The summed E-state index contributed by atoms with van der Waals surface area (Å²) in [5.41, 5.74) is 1.28. The first kappa shape index (κ1) is 14.4. The number of imidazole rings is 1. The molecule has 0 aromatic carbocycles. The van der Waals surface area contributed by atoms with Gasteiger partial charge in [-0.3, -0.25) is 9.30 Å². The van der Waals surface area contributed by atoms with Gasteiger partial charge in [-0.1, -0.05) is 22.9 Å². The summed E-state index contributed by atoms with van der Waals surface area (Å²) in [4.78, 5) is 10.9. The predicted molar refractivity (Wildman–Crippen MR) is 89.2 cm³/mol. The van der Waals surface area contributed by atoms with Crippen LogP contribution in [0.15, 0.2) is 11.6 Å². The third-order valence-electron chi connectivity index (χ3n) is 4.29. The Bertz CT molecular complexity index is 571. The molecule has 6 heteroatoms. The van der Waals surface area contributed by atoms with Crippen LogP contribution in [0, 0.1) is 0 Å². The number of fused-ring (bicyclic) bond motifs is 1. The normalized spacial score (nSPS) is 18.9. The van der Waals surface area contributed by atoms with Crippen LogP contribution in [0.4, 0.5) is 5.82 Å². The van der Waals surface area contributed by atoms with Gasteiger partial charge in [-0.25, -0.2) is 4.98 Å². The highest BCUT2D eigenvalue weighted by molar-refractivity contribution is 9.08. The topological polar surface area (TPSA) is 23.8 Å². The molecular formula is C14H21BrN4S. The van der Waals surface area contributed by atoms with Crippen molar-refractivity contribution in [3.8, 4) is 0 Å². The van der Waals surface area contributed by atoms with Crippen molar-refractivity contribution in [3.63, 3.8) is 0 Å². The highest BCUT2D eigenvalue weighted by Gasteiger charge is 2.24. The van der Waals surface area contributed by atoms with Crippen molar-refractivity contribution in [1.29, 1.82) is 0 Å². The summed E-state index contributed by atoms with van der Waals surface area (Å²) in [6.07, 6.45) is 3.34. The van der Waals surface area contributed by atoms with Gasteiger partial charge in [0.05, 0.1) is 5.69 Å².